The van der Waals surface area contributed by atoms with Crippen molar-refractivity contribution in [3.05, 3.63) is 77.4 Å². The van der Waals surface area contributed by atoms with Gasteiger partial charge in [0.25, 0.3) is 5.91 Å². The van der Waals surface area contributed by atoms with Gasteiger partial charge in [0.05, 0.1) is 0 Å². The number of aldehydes is 1. The van der Waals surface area contributed by atoms with E-state index in [1.807, 2.05) is 44.2 Å². The molecule has 0 aliphatic heterocycles. The van der Waals surface area contributed by atoms with Crippen LogP contribution in [-0.4, -0.2) is 60.5 Å². The lowest BCUT2D eigenvalue weighted by Gasteiger charge is -2.25. The molecule has 12 nitrogen and oxygen atoms in total. The molecule has 12 heteroatoms. The number of nitrogens with two attached hydrogens (primary N) is 3. The van der Waals surface area contributed by atoms with Crippen LogP contribution in [0.25, 0.3) is 6.08 Å². The summed E-state index contributed by atoms with van der Waals surface area (Å²) in [5.41, 5.74) is 18.1. The van der Waals surface area contributed by atoms with Crippen molar-refractivity contribution < 1.29 is 24.0 Å². The third kappa shape index (κ3) is 12.6. The third-order valence-electron chi connectivity index (χ3n) is 6.39. The molecular weight excluding hydrogens is 550 g/mol. The molecule has 2 rings (SSSR count). The van der Waals surface area contributed by atoms with Gasteiger partial charge in [-0.1, -0.05) is 62.4 Å². The van der Waals surface area contributed by atoms with E-state index < -0.39 is 41.8 Å². The van der Waals surface area contributed by atoms with Crippen LogP contribution in [0, 0.1) is 5.92 Å². The van der Waals surface area contributed by atoms with Gasteiger partial charge in [0, 0.05) is 18.5 Å². The maximum Gasteiger partial charge on any atom is 0.251 e. The molecule has 0 aliphatic rings. The molecule has 0 bridgehead atoms. The summed E-state index contributed by atoms with van der Waals surface area (Å²) in [5.74, 6) is -2.39. The molecule has 4 amide bonds. The molecule has 0 saturated carbocycles. The van der Waals surface area contributed by atoms with Crippen LogP contribution in [0.4, 0.5) is 0 Å². The molecule has 9 N–H and O–H groups in total. The SMILES string of the molecule is CC(C)CC(NC(=O)C(CCCN=C(N)N)NC(=O)C(Cc1ccccc1)NC(=O)c1ccc(/C=C/C=O)cc1)C(N)=O. The number of rotatable bonds is 17. The van der Waals surface area contributed by atoms with Crippen molar-refractivity contribution in [3.63, 3.8) is 0 Å². The predicted molar refractivity (Wildman–Crippen MR) is 165 cm³/mol. The summed E-state index contributed by atoms with van der Waals surface area (Å²) in [6.45, 7) is 4.00. The lowest BCUT2D eigenvalue weighted by molar-refractivity contribution is -0.132. The Labute approximate surface area is 251 Å². The second-order valence-electron chi connectivity index (χ2n) is 10.4. The van der Waals surface area contributed by atoms with Crippen molar-refractivity contribution in [1.82, 2.24) is 16.0 Å². The first-order valence-corrected chi connectivity index (χ1v) is 14.0. The maximum absolute atomic E-state index is 13.6. The second kappa shape index (κ2) is 17.7. The molecule has 230 valence electrons. The summed E-state index contributed by atoms with van der Waals surface area (Å²) in [7, 11) is 0. The van der Waals surface area contributed by atoms with E-state index in [2.05, 4.69) is 20.9 Å². The van der Waals surface area contributed by atoms with Gasteiger partial charge in [-0.15, -0.1) is 0 Å². The first-order chi connectivity index (χ1) is 20.5. The minimum absolute atomic E-state index is 0.0771. The molecule has 0 radical (unpaired) electrons. The number of primary amides is 1. The Balaban J connectivity index is 2.29. The van der Waals surface area contributed by atoms with E-state index in [4.69, 9.17) is 17.2 Å². The molecule has 0 spiro atoms. The van der Waals surface area contributed by atoms with Crippen LogP contribution in [0.15, 0.2) is 65.7 Å². The number of carbonyl (C=O) groups is 5. The van der Waals surface area contributed by atoms with Gasteiger partial charge in [-0.25, -0.2) is 0 Å². The van der Waals surface area contributed by atoms with Gasteiger partial charge in [-0.3, -0.25) is 29.0 Å². The average Bonchev–Trinajstić information content (AvgIpc) is 2.97. The fourth-order valence-electron chi connectivity index (χ4n) is 4.23. The van der Waals surface area contributed by atoms with Gasteiger partial charge in [0.2, 0.25) is 17.7 Å². The molecule has 43 heavy (non-hydrogen) atoms. The maximum atomic E-state index is 13.6. The minimum Gasteiger partial charge on any atom is -0.370 e. The zero-order chi connectivity index (χ0) is 31.8. The Morgan fingerprint density at radius 2 is 1.47 bits per heavy atom. The number of hydrogen-bond donors (Lipinski definition) is 6. The first kappa shape index (κ1) is 34.2. The molecule has 2 aromatic rings. The highest BCUT2D eigenvalue weighted by atomic mass is 16.2. The number of nitrogens with zero attached hydrogens (tertiary/aromatic N) is 1. The van der Waals surface area contributed by atoms with Crippen molar-refractivity contribution in [2.24, 2.45) is 28.1 Å². The van der Waals surface area contributed by atoms with Gasteiger partial charge in [0.1, 0.15) is 24.4 Å². The Bertz CT molecular complexity index is 1290. The summed E-state index contributed by atoms with van der Waals surface area (Å²) in [5, 5.41) is 8.16. The van der Waals surface area contributed by atoms with E-state index in [9.17, 15) is 24.0 Å². The van der Waals surface area contributed by atoms with E-state index in [1.54, 1.807) is 30.3 Å². The molecule has 0 saturated heterocycles. The molecule has 3 atom stereocenters. The molecule has 0 heterocycles. The Hall–Kier alpha value is -5.00. The van der Waals surface area contributed by atoms with Gasteiger partial charge in [-0.05, 0) is 54.5 Å². The van der Waals surface area contributed by atoms with Crippen LogP contribution in [0.2, 0.25) is 0 Å². The van der Waals surface area contributed by atoms with Crippen molar-refractivity contribution >= 4 is 42.0 Å². The van der Waals surface area contributed by atoms with Crippen molar-refractivity contribution in [1.29, 1.82) is 0 Å². The van der Waals surface area contributed by atoms with Crippen LogP contribution in [0.3, 0.4) is 0 Å². The number of guanidine groups is 1. The number of nitrogens with one attached hydrogen (secondary N) is 3. The lowest BCUT2D eigenvalue weighted by atomic mass is 10.0. The van der Waals surface area contributed by atoms with E-state index in [1.165, 1.54) is 6.08 Å². The highest BCUT2D eigenvalue weighted by Gasteiger charge is 2.29. The standard InChI is InChI=1S/C31H41N7O5/c1-20(2)18-25(27(32)40)37-29(42)24(11-6-16-35-31(33)34)36-30(43)26(19-22-8-4-3-5-9-22)38-28(41)23-14-12-21(13-15-23)10-7-17-39/h3-5,7-10,12-15,17,20,24-26H,6,11,16,18-19H2,1-2H3,(H2,32,40)(H,36,43)(H,37,42)(H,38,41)(H4,33,34,35)/b10-7+. The summed E-state index contributed by atoms with van der Waals surface area (Å²) in [4.78, 5) is 66.6. The number of amides is 4. The molecule has 0 fully saturated rings. The highest BCUT2D eigenvalue weighted by Crippen LogP contribution is 2.10. The van der Waals surface area contributed by atoms with Gasteiger partial charge >= 0.3 is 0 Å². The summed E-state index contributed by atoms with van der Waals surface area (Å²) in [6.07, 6.45) is 4.58. The van der Waals surface area contributed by atoms with E-state index >= 15 is 0 Å². The largest absolute Gasteiger partial charge is 0.370 e. The zero-order valence-corrected chi connectivity index (χ0v) is 24.5. The van der Waals surface area contributed by atoms with Crippen LogP contribution in [0.5, 0.6) is 0 Å². The minimum atomic E-state index is -1.06. The number of hydrogen-bond acceptors (Lipinski definition) is 6. The van der Waals surface area contributed by atoms with E-state index in [0.29, 0.717) is 24.7 Å². The molecule has 0 aliphatic carbocycles. The fraction of sp³-hybridized carbons (Fsp3) is 0.355. The van der Waals surface area contributed by atoms with Crippen LogP contribution in [0.1, 0.15) is 54.6 Å². The summed E-state index contributed by atoms with van der Waals surface area (Å²) in [6, 6.07) is 12.6. The number of aliphatic imine (C=N–C) groups is 1. The second-order valence-corrected chi connectivity index (χ2v) is 10.4. The average molecular weight is 592 g/mol. The molecule has 2 aromatic carbocycles. The fourth-order valence-corrected chi connectivity index (χ4v) is 4.23. The number of benzene rings is 2. The van der Waals surface area contributed by atoms with Crippen LogP contribution < -0.4 is 33.2 Å². The van der Waals surface area contributed by atoms with Crippen molar-refractivity contribution in [2.45, 2.75) is 57.7 Å². The van der Waals surface area contributed by atoms with Crippen molar-refractivity contribution in [3.8, 4) is 0 Å². The van der Waals surface area contributed by atoms with Gasteiger partial charge in [-0.2, -0.15) is 0 Å². The molecular formula is C31H41N7O5. The Morgan fingerprint density at radius 1 is 0.837 bits per heavy atom. The van der Waals surface area contributed by atoms with Crippen LogP contribution >= 0.6 is 0 Å². The highest BCUT2D eigenvalue weighted by molar-refractivity contribution is 5.99. The van der Waals surface area contributed by atoms with Crippen LogP contribution in [-0.2, 0) is 25.6 Å². The Kier molecular flexibility index (Phi) is 14.1. The summed E-state index contributed by atoms with van der Waals surface area (Å²) < 4.78 is 0. The Morgan fingerprint density at radius 3 is 2.05 bits per heavy atom. The predicted octanol–water partition coefficient (Wildman–Crippen LogP) is 0.794. The van der Waals surface area contributed by atoms with Gasteiger partial charge in [0.15, 0.2) is 5.96 Å². The first-order valence-electron chi connectivity index (χ1n) is 14.0. The molecule has 3 unspecified atom stereocenters. The number of carbonyl (C=O) groups excluding carboxylic acids is 5. The third-order valence-corrected chi connectivity index (χ3v) is 6.39. The quantitative estimate of drug-likeness (QED) is 0.0511. The van der Waals surface area contributed by atoms with E-state index in [0.717, 1.165) is 11.1 Å². The topological polar surface area (TPSA) is 212 Å². The summed E-state index contributed by atoms with van der Waals surface area (Å²) >= 11 is 0. The smallest absolute Gasteiger partial charge is 0.251 e. The normalized spacial score (nSPS) is 13.0. The van der Waals surface area contributed by atoms with Gasteiger partial charge < -0.3 is 33.2 Å². The zero-order valence-electron chi connectivity index (χ0n) is 24.5. The number of allylic oxidation sites excluding steroid dienone is 1. The monoisotopic (exact) mass is 591 g/mol. The van der Waals surface area contributed by atoms with Crippen molar-refractivity contribution in [2.75, 3.05) is 6.54 Å². The van der Waals surface area contributed by atoms with E-state index in [-0.39, 0.29) is 31.3 Å². The molecule has 0 aromatic heterocycles. The lowest BCUT2D eigenvalue weighted by Crippen LogP contribution is -2.57.